The summed E-state index contributed by atoms with van der Waals surface area (Å²) in [5.74, 6) is 0.163. The number of para-hydroxylation sites is 1. The zero-order valence-corrected chi connectivity index (χ0v) is 11.0. The van der Waals surface area contributed by atoms with E-state index in [1.807, 2.05) is 30.3 Å². The lowest BCUT2D eigenvalue weighted by Gasteiger charge is -2.04. The molecule has 98 valence electrons. The van der Waals surface area contributed by atoms with Gasteiger partial charge in [-0.15, -0.1) is 11.7 Å². The highest BCUT2D eigenvalue weighted by atomic mass is 32.2. The minimum absolute atomic E-state index is 0.0932. The molecule has 0 bridgehead atoms. The van der Waals surface area contributed by atoms with E-state index in [1.165, 1.54) is 11.8 Å². The predicted molar refractivity (Wildman–Crippen MR) is 73.8 cm³/mol. The molecule has 1 amide bonds. The van der Waals surface area contributed by atoms with Crippen molar-refractivity contribution in [1.82, 2.24) is 20.2 Å². The van der Waals surface area contributed by atoms with E-state index in [4.69, 9.17) is 0 Å². The summed E-state index contributed by atoms with van der Waals surface area (Å²) in [7, 11) is 0. The van der Waals surface area contributed by atoms with Crippen LogP contribution in [0.3, 0.4) is 0 Å². The van der Waals surface area contributed by atoms with E-state index in [0.717, 1.165) is 5.69 Å². The van der Waals surface area contributed by atoms with Gasteiger partial charge < -0.3 is 5.32 Å². The average molecular weight is 275 g/mol. The number of nitrogens with one attached hydrogen (secondary N) is 1. The lowest BCUT2D eigenvalue weighted by atomic mass is 10.3. The first-order chi connectivity index (χ1) is 9.29. The Morgan fingerprint density at radius 3 is 2.95 bits per heavy atom. The minimum Gasteiger partial charge on any atom is -0.325 e. The van der Waals surface area contributed by atoms with Gasteiger partial charge in [0.1, 0.15) is 0 Å². The molecule has 1 heterocycles. The third-order valence-corrected chi connectivity index (χ3v) is 3.15. The van der Waals surface area contributed by atoms with E-state index in [2.05, 4.69) is 27.4 Å². The summed E-state index contributed by atoms with van der Waals surface area (Å²) in [4.78, 5) is 11.7. The summed E-state index contributed by atoms with van der Waals surface area (Å²) < 4.78 is 1.59. The fourth-order valence-corrected chi connectivity index (χ4v) is 2.07. The van der Waals surface area contributed by atoms with Crippen molar-refractivity contribution in [2.45, 2.75) is 11.7 Å². The van der Waals surface area contributed by atoms with Crippen LogP contribution in [0.15, 0.2) is 48.1 Å². The number of hydrogen-bond donors (Lipinski definition) is 1. The minimum atomic E-state index is -0.0932. The quantitative estimate of drug-likeness (QED) is 0.640. The van der Waals surface area contributed by atoms with Crippen molar-refractivity contribution in [2.24, 2.45) is 0 Å². The van der Waals surface area contributed by atoms with Crippen LogP contribution < -0.4 is 5.32 Å². The van der Waals surface area contributed by atoms with Crippen molar-refractivity contribution in [1.29, 1.82) is 0 Å². The highest BCUT2D eigenvalue weighted by Gasteiger charge is 2.09. The number of benzene rings is 1. The molecule has 0 aliphatic rings. The Balaban J connectivity index is 1.86. The second-order valence-electron chi connectivity index (χ2n) is 3.64. The van der Waals surface area contributed by atoms with Crippen molar-refractivity contribution in [3.63, 3.8) is 0 Å². The van der Waals surface area contributed by atoms with Crippen molar-refractivity contribution >= 4 is 23.4 Å². The van der Waals surface area contributed by atoms with Gasteiger partial charge in [-0.25, -0.2) is 4.68 Å². The molecular formula is C12H13N5OS. The Kier molecular flexibility index (Phi) is 4.68. The Bertz CT molecular complexity index is 554. The zero-order chi connectivity index (χ0) is 13.5. The summed E-state index contributed by atoms with van der Waals surface area (Å²) in [6, 6.07) is 9.31. The molecule has 1 aromatic carbocycles. The highest BCUT2D eigenvalue weighted by Crippen LogP contribution is 2.14. The molecule has 0 aliphatic carbocycles. The molecule has 0 saturated heterocycles. The molecule has 0 aliphatic heterocycles. The van der Waals surface area contributed by atoms with Gasteiger partial charge in [-0.1, -0.05) is 36.0 Å². The number of rotatable bonds is 6. The van der Waals surface area contributed by atoms with E-state index in [1.54, 1.807) is 10.8 Å². The maximum Gasteiger partial charge on any atom is 0.234 e. The SMILES string of the molecule is C=CCn1nnnc1SCC(=O)Nc1ccccc1. The lowest BCUT2D eigenvalue weighted by molar-refractivity contribution is -0.113. The summed E-state index contributed by atoms with van der Waals surface area (Å²) >= 11 is 1.29. The second-order valence-corrected chi connectivity index (χ2v) is 4.58. The van der Waals surface area contributed by atoms with Crippen LogP contribution in [-0.4, -0.2) is 31.9 Å². The van der Waals surface area contributed by atoms with Crippen LogP contribution >= 0.6 is 11.8 Å². The maximum absolute atomic E-state index is 11.7. The first-order valence-corrected chi connectivity index (χ1v) is 6.63. The van der Waals surface area contributed by atoms with Gasteiger partial charge in [0.25, 0.3) is 0 Å². The fourth-order valence-electron chi connectivity index (χ4n) is 1.39. The molecule has 0 radical (unpaired) electrons. The molecule has 6 nitrogen and oxygen atoms in total. The van der Waals surface area contributed by atoms with Crippen LogP contribution in [0.5, 0.6) is 0 Å². The van der Waals surface area contributed by atoms with Gasteiger partial charge in [0.2, 0.25) is 11.1 Å². The largest absolute Gasteiger partial charge is 0.325 e. The van der Waals surface area contributed by atoms with Crippen LogP contribution in [-0.2, 0) is 11.3 Å². The van der Waals surface area contributed by atoms with Crippen molar-refractivity contribution in [3.8, 4) is 0 Å². The molecule has 1 aromatic heterocycles. The third kappa shape index (κ3) is 3.92. The Labute approximate surface area is 114 Å². The molecule has 2 rings (SSSR count). The third-order valence-electron chi connectivity index (χ3n) is 2.19. The van der Waals surface area contributed by atoms with Gasteiger partial charge >= 0.3 is 0 Å². The van der Waals surface area contributed by atoms with Gasteiger partial charge in [-0.05, 0) is 22.6 Å². The highest BCUT2D eigenvalue weighted by molar-refractivity contribution is 7.99. The molecule has 0 unspecified atom stereocenters. The molecule has 0 spiro atoms. The van der Waals surface area contributed by atoms with Gasteiger partial charge in [0.15, 0.2) is 0 Å². The van der Waals surface area contributed by atoms with Gasteiger partial charge in [-0.2, -0.15) is 0 Å². The van der Waals surface area contributed by atoms with E-state index >= 15 is 0 Å². The smallest absolute Gasteiger partial charge is 0.234 e. The molecule has 19 heavy (non-hydrogen) atoms. The number of aromatic nitrogens is 4. The van der Waals surface area contributed by atoms with Crippen LogP contribution in [0.25, 0.3) is 0 Å². The molecule has 7 heteroatoms. The predicted octanol–water partition coefficient (Wildman–Crippen LogP) is 1.59. The number of carbonyl (C=O) groups is 1. The number of carbonyl (C=O) groups excluding carboxylic acids is 1. The number of allylic oxidation sites excluding steroid dienone is 1. The van der Waals surface area contributed by atoms with Gasteiger partial charge in [0.05, 0.1) is 12.3 Å². The number of nitrogens with zero attached hydrogens (tertiary/aromatic N) is 4. The molecule has 2 aromatic rings. The summed E-state index contributed by atoms with van der Waals surface area (Å²) in [6.07, 6.45) is 1.70. The molecule has 1 N–H and O–H groups in total. The summed E-state index contributed by atoms with van der Waals surface area (Å²) in [5, 5.41) is 14.6. The Morgan fingerprint density at radius 1 is 1.42 bits per heavy atom. The van der Waals surface area contributed by atoms with Crippen LogP contribution in [0.4, 0.5) is 5.69 Å². The number of thioether (sulfide) groups is 1. The van der Waals surface area contributed by atoms with Gasteiger partial charge in [0, 0.05) is 5.69 Å². The number of anilines is 1. The topological polar surface area (TPSA) is 72.7 Å². The summed E-state index contributed by atoms with van der Waals surface area (Å²) in [5.41, 5.74) is 0.777. The van der Waals surface area contributed by atoms with E-state index in [0.29, 0.717) is 11.7 Å². The monoisotopic (exact) mass is 275 g/mol. The van der Waals surface area contributed by atoms with E-state index in [-0.39, 0.29) is 11.7 Å². The first-order valence-electron chi connectivity index (χ1n) is 5.64. The van der Waals surface area contributed by atoms with Crippen LogP contribution in [0, 0.1) is 0 Å². The first kappa shape index (κ1) is 13.3. The Morgan fingerprint density at radius 2 is 2.21 bits per heavy atom. The molecular weight excluding hydrogens is 262 g/mol. The van der Waals surface area contributed by atoms with Crippen molar-refractivity contribution in [3.05, 3.63) is 43.0 Å². The lowest BCUT2D eigenvalue weighted by Crippen LogP contribution is -2.14. The second kappa shape index (κ2) is 6.69. The van der Waals surface area contributed by atoms with Crippen molar-refractivity contribution < 1.29 is 4.79 Å². The van der Waals surface area contributed by atoms with Crippen LogP contribution in [0.1, 0.15) is 0 Å². The number of tetrazole rings is 1. The van der Waals surface area contributed by atoms with E-state index < -0.39 is 0 Å². The van der Waals surface area contributed by atoms with Crippen molar-refractivity contribution in [2.75, 3.05) is 11.1 Å². The van der Waals surface area contributed by atoms with E-state index in [9.17, 15) is 4.79 Å². The number of amides is 1. The summed E-state index contributed by atoms with van der Waals surface area (Å²) in [6.45, 7) is 4.15. The van der Waals surface area contributed by atoms with Crippen LogP contribution in [0.2, 0.25) is 0 Å². The maximum atomic E-state index is 11.7. The van der Waals surface area contributed by atoms with Gasteiger partial charge in [-0.3, -0.25) is 4.79 Å². The average Bonchev–Trinajstić information content (AvgIpc) is 2.85. The number of hydrogen-bond acceptors (Lipinski definition) is 5. The molecule has 0 saturated carbocycles. The zero-order valence-electron chi connectivity index (χ0n) is 10.2. The normalized spacial score (nSPS) is 10.1. The fraction of sp³-hybridized carbons (Fsp3) is 0.167. The molecule has 0 atom stereocenters. The standard InChI is InChI=1S/C12H13N5OS/c1-2-8-17-12(14-15-16-17)19-9-11(18)13-10-6-4-3-5-7-10/h2-7H,1,8-9H2,(H,13,18). The molecule has 0 fully saturated rings. The Hall–Kier alpha value is -2.15.